The second-order valence-electron chi connectivity index (χ2n) is 1.33. The molecule has 0 amide bonds. The zero-order chi connectivity index (χ0) is 11.8. The van der Waals surface area contributed by atoms with Gasteiger partial charge in [0.1, 0.15) is 6.02 Å². The topological polar surface area (TPSA) is 118 Å². The molecule has 0 radical (unpaired) electrons. The molecular weight excluding hydrogens is 194 g/mol. The number of carboxylic acids is 1. The minimum Gasteiger partial charge on any atom is -0.480 e. The van der Waals surface area contributed by atoms with Crippen LogP contribution < -0.4 is 5.73 Å². The van der Waals surface area contributed by atoms with Crippen LogP contribution in [0.5, 0.6) is 0 Å². The molecule has 0 aromatic rings. The highest BCUT2D eigenvalue weighted by atomic mass is 33.1. The van der Waals surface area contributed by atoms with Crippen molar-refractivity contribution in [3.05, 3.63) is 0 Å². The molecular formula is C3H7NO5S2. The van der Waals surface area contributed by atoms with E-state index < -0.39 is 37.6 Å². The summed E-state index contributed by atoms with van der Waals surface area (Å²) in [6, 6.07) is -3.17. The number of carbonyl (C=O) groups is 1. The normalized spacial score (nSPS) is 22.5. The second-order valence-corrected chi connectivity index (χ2v) is 4.32. The molecule has 0 saturated carbocycles. The van der Waals surface area contributed by atoms with E-state index in [-0.39, 0.29) is 0 Å². The Labute approximate surface area is 71.1 Å². The average Bonchev–Trinajstić information content (AvgIpc) is 1.80. The summed E-state index contributed by atoms with van der Waals surface area (Å²) >= 11 is 0. The Morgan fingerprint density at radius 2 is 2.36 bits per heavy atom. The van der Waals surface area contributed by atoms with Gasteiger partial charge in [-0.3, -0.25) is 9.35 Å². The van der Waals surface area contributed by atoms with Gasteiger partial charge in [0.2, 0.25) is 0 Å². The van der Waals surface area contributed by atoms with E-state index in [4.69, 9.17) is 19.5 Å². The molecule has 0 bridgehead atoms. The minimum absolute atomic E-state index is 0.738. The zero-order valence-corrected chi connectivity index (χ0v) is 6.65. The number of hydrogen-bond acceptors (Lipinski definition) is 5. The van der Waals surface area contributed by atoms with Gasteiger partial charge in [-0.15, -0.1) is 0 Å². The fourth-order valence-corrected chi connectivity index (χ4v) is 1.01. The van der Waals surface area contributed by atoms with E-state index in [1.54, 1.807) is 0 Å². The van der Waals surface area contributed by atoms with Gasteiger partial charge in [-0.1, -0.05) is 0 Å². The minimum atomic E-state index is -4.82. The van der Waals surface area contributed by atoms with Gasteiger partial charge in [0.25, 0.3) is 0 Å². The third-order valence-corrected chi connectivity index (χ3v) is 1.88. The first kappa shape index (κ1) is 6.23. The van der Waals surface area contributed by atoms with Crippen LogP contribution >= 0.6 is 10.8 Å². The molecule has 0 heterocycles. The molecule has 66 valence electrons. The fraction of sp³-hybridized carbons (Fsp3) is 0.667. The van der Waals surface area contributed by atoms with E-state index in [9.17, 15) is 13.2 Å². The predicted octanol–water partition coefficient (Wildman–Crippen LogP) is -1.07. The maximum atomic E-state index is 10.3. The lowest BCUT2D eigenvalue weighted by Crippen LogP contribution is -2.32. The third-order valence-electron chi connectivity index (χ3n) is 0.487. The van der Waals surface area contributed by atoms with Gasteiger partial charge in [0.05, 0.1) is 1.37 Å². The summed E-state index contributed by atoms with van der Waals surface area (Å²) in [5, 5.41) is 8.33. The molecule has 1 atom stereocenters. The summed E-state index contributed by atoms with van der Waals surface area (Å²) in [6.07, 6.45) is 0. The van der Waals surface area contributed by atoms with Crippen molar-refractivity contribution in [1.29, 1.82) is 0 Å². The molecule has 0 unspecified atom stereocenters. The Morgan fingerprint density at radius 1 is 1.91 bits per heavy atom. The second kappa shape index (κ2) is 3.90. The van der Waals surface area contributed by atoms with Gasteiger partial charge >= 0.3 is 15.1 Å². The maximum Gasteiger partial charge on any atom is 0.321 e. The highest BCUT2D eigenvalue weighted by molar-refractivity contribution is 8.69. The number of rotatable bonds is 4. The molecule has 11 heavy (non-hydrogen) atoms. The molecule has 0 aromatic carbocycles. The summed E-state index contributed by atoms with van der Waals surface area (Å²) in [4.78, 5) is 10.3. The van der Waals surface area contributed by atoms with Crippen molar-refractivity contribution in [3.8, 4) is 0 Å². The van der Waals surface area contributed by atoms with Crippen LogP contribution in [0.15, 0.2) is 0 Å². The highest BCUT2D eigenvalue weighted by Gasteiger charge is 2.15. The smallest absolute Gasteiger partial charge is 0.321 e. The molecule has 0 aliphatic heterocycles. The summed E-state index contributed by atoms with van der Waals surface area (Å²) in [7, 11) is -5.56. The monoisotopic (exact) mass is 204 g/mol. The number of carboxylic acid groups (broad SMARTS) is 1. The van der Waals surface area contributed by atoms with E-state index in [0.29, 0.717) is 0 Å². The Morgan fingerprint density at radius 3 is 2.64 bits per heavy atom. The Hall–Kier alpha value is -0.310. The average molecular weight is 204 g/mol. The molecule has 0 aliphatic rings. The van der Waals surface area contributed by atoms with Crippen molar-refractivity contribution in [3.63, 3.8) is 0 Å². The molecule has 0 fully saturated rings. The van der Waals surface area contributed by atoms with Crippen LogP contribution in [0.2, 0.25) is 0 Å². The van der Waals surface area contributed by atoms with Crippen LogP contribution in [0.1, 0.15) is 4.11 Å². The summed E-state index contributed by atoms with van der Waals surface area (Å²) < 4.78 is 49.5. The molecule has 6 nitrogen and oxygen atoms in total. The van der Waals surface area contributed by atoms with E-state index in [0.717, 1.165) is 0 Å². The van der Waals surface area contributed by atoms with Gasteiger partial charge < -0.3 is 10.8 Å². The first-order valence-corrected chi connectivity index (χ1v) is 4.88. The van der Waals surface area contributed by atoms with E-state index in [2.05, 4.69) is 0 Å². The van der Waals surface area contributed by atoms with Crippen molar-refractivity contribution in [1.82, 2.24) is 0 Å². The lowest BCUT2D eigenvalue weighted by atomic mass is 10.4. The van der Waals surface area contributed by atoms with Crippen LogP contribution in [-0.2, 0) is 13.9 Å². The van der Waals surface area contributed by atoms with Crippen molar-refractivity contribution < 1.29 is 27.0 Å². The largest absolute Gasteiger partial charge is 0.480 e. The first-order chi connectivity index (χ1) is 5.90. The SMILES string of the molecule is [2H]C([2H])(SS(=O)(=O)O)[C@]([2H])(N)C(=O)O. The third kappa shape index (κ3) is 6.10. The number of aliphatic carboxylic acids is 1. The maximum absolute atomic E-state index is 10.3. The number of nitrogens with two attached hydrogens (primary N) is 1. The number of hydrogen-bond donors (Lipinski definition) is 3. The molecule has 0 saturated heterocycles. The van der Waals surface area contributed by atoms with Crippen LogP contribution in [-0.4, -0.2) is 35.8 Å². The summed E-state index contributed by atoms with van der Waals surface area (Å²) in [5.41, 5.74) is 1.57. The van der Waals surface area contributed by atoms with Crippen LogP contribution in [0.25, 0.3) is 0 Å². The van der Waals surface area contributed by atoms with Crippen LogP contribution in [0.3, 0.4) is 0 Å². The van der Waals surface area contributed by atoms with Gasteiger partial charge in [0, 0.05) is 8.45 Å². The van der Waals surface area contributed by atoms with Crippen molar-refractivity contribution in [2.75, 3.05) is 5.70 Å². The lowest BCUT2D eigenvalue weighted by Gasteiger charge is -2.01. The molecule has 0 aromatic heterocycles. The fourth-order valence-electron chi connectivity index (χ4n) is 0.141. The molecule has 8 heteroatoms. The van der Waals surface area contributed by atoms with Gasteiger partial charge in [-0.05, 0) is 10.8 Å². The van der Waals surface area contributed by atoms with E-state index in [1.807, 2.05) is 0 Å². The summed E-state index contributed by atoms with van der Waals surface area (Å²) in [5.74, 6) is -2.04. The van der Waals surface area contributed by atoms with Crippen molar-refractivity contribution in [2.24, 2.45) is 5.73 Å². The Bertz CT molecular complexity index is 338. The molecule has 0 spiro atoms. The van der Waals surface area contributed by atoms with E-state index in [1.165, 1.54) is 0 Å². The van der Waals surface area contributed by atoms with Crippen molar-refractivity contribution >= 4 is 25.9 Å². The highest BCUT2D eigenvalue weighted by Crippen LogP contribution is 2.09. The van der Waals surface area contributed by atoms with E-state index >= 15 is 0 Å². The summed E-state index contributed by atoms with van der Waals surface area (Å²) in [6.45, 7) is 0. The van der Waals surface area contributed by atoms with Gasteiger partial charge in [-0.2, -0.15) is 8.42 Å². The quantitative estimate of drug-likeness (QED) is 0.394. The van der Waals surface area contributed by atoms with Crippen molar-refractivity contribution in [2.45, 2.75) is 6.02 Å². The molecule has 4 N–H and O–H groups in total. The Balaban J connectivity index is 5.06. The lowest BCUT2D eigenvalue weighted by molar-refractivity contribution is -0.137. The zero-order valence-electron chi connectivity index (χ0n) is 8.01. The Kier molecular flexibility index (Phi) is 2.21. The first-order valence-electron chi connectivity index (χ1n) is 3.60. The standard InChI is InChI=1S/C3H7NO5S2/c4-2(3(5)6)1-10-11(7,8)9/h2H,1,4H2,(H,5,6)(H,7,8,9)/t2-/m0/s1/i1D2,2D. The van der Waals surface area contributed by atoms with Crippen LogP contribution in [0, 0.1) is 0 Å². The van der Waals surface area contributed by atoms with Gasteiger partial charge in [0.15, 0.2) is 0 Å². The molecule has 0 rings (SSSR count). The predicted molar refractivity (Wildman–Crippen MR) is 39.6 cm³/mol. The van der Waals surface area contributed by atoms with Gasteiger partial charge in [-0.25, -0.2) is 0 Å². The molecule has 0 aliphatic carbocycles. The van der Waals surface area contributed by atoms with Crippen LogP contribution in [0.4, 0.5) is 0 Å².